The van der Waals surface area contributed by atoms with Crippen molar-refractivity contribution in [1.82, 2.24) is 0 Å². The van der Waals surface area contributed by atoms with Crippen molar-refractivity contribution in [2.45, 2.75) is 19.2 Å². The molecular weight excluding hydrogens is 369 g/mol. The molecule has 0 radical (unpaired) electrons. The third-order valence-corrected chi connectivity index (χ3v) is 4.26. The van der Waals surface area contributed by atoms with Gasteiger partial charge in [-0.1, -0.05) is 39.7 Å². The predicted octanol–water partition coefficient (Wildman–Crippen LogP) is 5.51. The summed E-state index contributed by atoms with van der Waals surface area (Å²) in [6.45, 7) is 1.80. The van der Waals surface area contributed by atoms with Crippen LogP contribution in [0.15, 0.2) is 40.9 Å². The molecule has 2 aromatic carbocycles. The van der Waals surface area contributed by atoms with Crippen molar-refractivity contribution >= 4 is 27.5 Å². The van der Waals surface area contributed by atoms with Gasteiger partial charge in [-0.15, -0.1) is 0 Å². The summed E-state index contributed by atoms with van der Waals surface area (Å²) >= 11 is 9.15. The maximum Gasteiger partial charge on any atom is 0.416 e. The van der Waals surface area contributed by atoms with Gasteiger partial charge in [0.05, 0.1) is 5.56 Å². The van der Waals surface area contributed by atoms with Gasteiger partial charge in [-0.05, 0) is 47.9 Å². The van der Waals surface area contributed by atoms with E-state index < -0.39 is 17.8 Å². The first-order valence-electron chi connectivity index (χ1n) is 6.01. The van der Waals surface area contributed by atoms with Crippen LogP contribution in [0.5, 0.6) is 0 Å². The molecule has 0 heterocycles. The molecule has 21 heavy (non-hydrogen) atoms. The zero-order chi connectivity index (χ0) is 15.8. The Bertz CT molecular complexity index is 670. The van der Waals surface area contributed by atoms with E-state index in [4.69, 9.17) is 11.6 Å². The quantitative estimate of drug-likeness (QED) is 0.729. The Morgan fingerprint density at radius 3 is 2.38 bits per heavy atom. The van der Waals surface area contributed by atoms with Crippen molar-refractivity contribution in [2.75, 3.05) is 0 Å². The highest BCUT2D eigenvalue weighted by Gasteiger charge is 2.31. The predicted molar refractivity (Wildman–Crippen MR) is 79.4 cm³/mol. The van der Waals surface area contributed by atoms with Gasteiger partial charge in [-0.25, -0.2) is 0 Å². The van der Waals surface area contributed by atoms with Crippen LogP contribution in [0, 0.1) is 6.92 Å². The molecule has 0 saturated heterocycles. The van der Waals surface area contributed by atoms with Gasteiger partial charge < -0.3 is 5.11 Å². The lowest BCUT2D eigenvalue weighted by Gasteiger charge is -2.16. The first-order chi connectivity index (χ1) is 9.70. The summed E-state index contributed by atoms with van der Waals surface area (Å²) in [5, 5.41) is 10.8. The van der Waals surface area contributed by atoms with Crippen molar-refractivity contribution in [1.29, 1.82) is 0 Å². The topological polar surface area (TPSA) is 20.2 Å². The molecule has 0 spiro atoms. The zero-order valence-corrected chi connectivity index (χ0v) is 13.2. The Morgan fingerprint density at radius 2 is 1.81 bits per heavy atom. The van der Waals surface area contributed by atoms with Crippen LogP contribution in [-0.4, -0.2) is 5.11 Å². The fourth-order valence-electron chi connectivity index (χ4n) is 1.89. The summed E-state index contributed by atoms with van der Waals surface area (Å²) in [5.74, 6) is 0. The second kappa shape index (κ2) is 5.99. The van der Waals surface area contributed by atoms with E-state index in [0.717, 1.165) is 17.7 Å². The number of hydrogen-bond donors (Lipinski definition) is 1. The second-order valence-corrected chi connectivity index (χ2v) is 5.91. The number of alkyl halides is 3. The standard InChI is InChI=1S/C15H11BrClF3O/c1-8-2-3-9(6-13(8)17)14(21)11-7-10(15(18,19)20)4-5-12(11)16/h2-7,14,21H,1H3. The Hall–Kier alpha value is -1.04. The molecule has 1 N–H and O–H groups in total. The molecule has 6 heteroatoms. The first kappa shape index (κ1) is 16.3. The van der Waals surface area contributed by atoms with Gasteiger partial charge in [0, 0.05) is 9.50 Å². The van der Waals surface area contributed by atoms with Crippen molar-refractivity contribution in [2.24, 2.45) is 0 Å². The molecule has 0 aromatic heterocycles. The number of benzene rings is 2. The van der Waals surface area contributed by atoms with E-state index in [9.17, 15) is 18.3 Å². The Morgan fingerprint density at radius 1 is 1.14 bits per heavy atom. The summed E-state index contributed by atoms with van der Waals surface area (Å²) in [6.07, 6.45) is -5.65. The minimum absolute atomic E-state index is 0.143. The fraction of sp³-hybridized carbons (Fsp3) is 0.200. The van der Waals surface area contributed by atoms with E-state index in [0.29, 0.717) is 15.1 Å². The number of aliphatic hydroxyl groups excluding tert-OH is 1. The third kappa shape index (κ3) is 3.59. The number of halogens is 5. The van der Waals surface area contributed by atoms with Gasteiger partial charge in [-0.2, -0.15) is 13.2 Å². The highest BCUT2D eigenvalue weighted by Crippen LogP contribution is 2.36. The molecule has 1 nitrogen and oxygen atoms in total. The highest BCUT2D eigenvalue weighted by molar-refractivity contribution is 9.10. The number of aliphatic hydroxyl groups is 1. The third-order valence-electron chi connectivity index (χ3n) is 3.13. The molecule has 0 amide bonds. The van der Waals surface area contributed by atoms with Crippen molar-refractivity contribution in [3.05, 3.63) is 68.1 Å². The van der Waals surface area contributed by atoms with E-state index >= 15 is 0 Å². The lowest BCUT2D eigenvalue weighted by Crippen LogP contribution is -2.08. The molecule has 1 atom stereocenters. The van der Waals surface area contributed by atoms with Gasteiger partial charge >= 0.3 is 6.18 Å². The Labute approximate surface area is 133 Å². The molecule has 0 saturated carbocycles. The molecule has 0 fully saturated rings. The largest absolute Gasteiger partial charge is 0.416 e. The van der Waals surface area contributed by atoms with E-state index in [2.05, 4.69) is 15.9 Å². The summed E-state index contributed by atoms with van der Waals surface area (Å²) < 4.78 is 38.7. The SMILES string of the molecule is Cc1ccc(C(O)c2cc(C(F)(F)F)ccc2Br)cc1Cl. The van der Waals surface area contributed by atoms with Crippen molar-refractivity contribution in [3.8, 4) is 0 Å². The van der Waals surface area contributed by atoms with E-state index in [1.807, 2.05) is 0 Å². The summed E-state index contributed by atoms with van der Waals surface area (Å²) in [7, 11) is 0. The van der Waals surface area contributed by atoms with Crippen molar-refractivity contribution in [3.63, 3.8) is 0 Å². The van der Waals surface area contributed by atoms with Crippen LogP contribution in [0.2, 0.25) is 5.02 Å². The summed E-state index contributed by atoms with van der Waals surface area (Å²) in [4.78, 5) is 0. The molecule has 0 bridgehead atoms. The monoisotopic (exact) mass is 378 g/mol. The smallest absolute Gasteiger partial charge is 0.384 e. The van der Waals surface area contributed by atoms with Crippen LogP contribution >= 0.6 is 27.5 Å². The van der Waals surface area contributed by atoms with Crippen LogP contribution in [0.4, 0.5) is 13.2 Å². The van der Waals surface area contributed by atoms with Crippen LogP contribution in [0.1, 0.15) is 28.4 Å². The molecule has 0 aliphatic carbocycles. The fourth-order valence-corrected chi connectivity index (χ4v) is 2.54. The number of rotatable bonds is 2. The average molecular weight is 380 g/mol. The molecular formula is C15H11BrClF3O. The van der Waals surface area contributed by atoms with E-state index in [-0.39, 0.29) is 5.56 Å². The van der Waals surface area contributed by atoms with Crippen LogP contribution < -0.4 is 0 Å². The number of hydrogen-bond acceptors (Lipinski definition) is 1. The van der Waals surface area contributed by atoms with Crippen LogP contribution in [0.3, 0.4) is 0 Å². The average Bonchev–Trinajstić information content (AvgIpc) is 2.40. The maximum atomic E-state index is 12.8. The lowest BCUT2D eigenvalue weighted by molar-refractivity contribution is -0.137. The zero-order valence-electron chi connectivity index (χ0n) is 10.9. The van der Waals surface area contributed by atoms with Gasteiger partial charge in [0.1, 0.15) is 6.10 Å². The molecule has 112 valence electrons. The normalized spacial score (nSPS) is 13.3. The van der Waals surface area contributed by atoms with Gasteiger partial charge in [0.15, 0.2) is 0 Å². The Balaban J connectivity index is 2.47. The molecule has 2 rings (SSSR count). The minimum Gasteiger partial charge on any atom is -0.384 e. The maximum absolute atomic E-state index is 12.8. The second-order valence-electron chi connectivity index (χ2n) is 4.65. The molecule has 2 aromatic rings. The van der Waals surface area contributed by atoms with Gasteiger partial charge in [0.2, 0.25) is 0 Å². The Kier molecular flexibility index (Phi) is 4.66. The van der Waals surface area contributed by atoms with Crippen LogP contribution in [0.25, 0.3) is 0 Å². The van der Waals surface area contributed by atoms with Gasteiger partial charge in [0.25, 0.3) is 0 Å². The highest BCUT2D eigenvalue weighted by atomic mass is 79.9. The van der Waals surface area contributed by atoms with E-state index in [1.165, 1.54) is 6.07 Å². The lowest BCUT2D eigenvalue weighted by atomic mass is 9.99. The molecule has 1 unspecified atom stereocenters. The van der Waals surface area contributed by atoms with E-state index in [1.54, 1.807) is 25.1 Å². The summed E-state index contributed by atoms with van der Waals surface area (Å²) in [5.41, 5.74) is 0.601. The summed E-state index contributed by atoms with van der Waals surface area (Å²) in [6, 6.07) is 8.07. The molecule has 0 aliphatic heterocycles. The van der Waals surface area contributed by atoms with Crippen LogP contribution in [-0.2, 0) is 6.18 Å². The minimum atomic E-state index is -4.46. The van der Waals surface area contributed by atoms with Gasteiger partial charge in [-0.3, -0.25) is 0 Å². The first-order valence-corrected chi connectivity index (χ1v) is 7.18. The number of aryl methyl sites for hydroxylation is 1. The molecule has 0 aliphatic rings. The van der Waals surface area contributed by atoms with Crippen molar-refractivity contribution < 1.29 is 18.3 Å².